The molecule has 0 radical (unpaired) electrons. The molecule has 4 aromatic rings. The van der Waals surface area contributed by atoms with Gasteiger partial charge in [-0.3, -0.25) is 13.9 Å². The second-order valence-corrected chi connectivity index (χ2v) is 11.7. The predicted molar refractivity (Wildman–Crippen MR) is 160 cm³/mol. The molecule has 0 saturated carbocycles. The lowest BCUT2D eigenvalue weighted by molar-refractivity contribution is -0.138. The monoisotopic (exact) mass is 628 g/mol. The molecule has 0 amide bonds. The number of hydrogen-bond donors (Lipinski definition) is 0. The molecule has 0 spiro atoms. The number of alkyl halides is 3. The predicted octanol–water partition coefficient (Wildman–Crippen LogP) is 6.82. The number of hydrogen-bond acceptors (Lipinski definition) is 4. The first-order chi connectivity index (χ1) is 21.1. The summed E-state index contributed by atoms with van der Waals surface area (Å²) in [6.07, 6.45) is -4.98. The highest BCUT2D eigenvalue weighted by Gasteiger charge is 2.36. The summed E-state index contributed by atoms with van der Waals surface area (Å²) in [4.78, 5) is 40.5. The maximum absolute atomic E-state index is 15.9. The number of aromatic nitrogens is 2. The Morgan fingerprint density at radius 1 is 0.889 bits per heavy atom. The van der Waals surface area contributed by atoms with Gasteiger partial charge >= 0.3 is 11.9 Å². The number of aryl methyl sites for hydroxylation is 1. The fraction of sp³-hybridized carbons (Fsp3) is 0.324. The van der Waals surface area contributed by atoms with Gasteiger partial charge in [-0.15, -0.1) is 0 Å². The Kier molecular flexibility index (Phi) is 9.79. The molecule has 11 heteroatoms. The summed E-state index contributed by atoms with van der Waals surface area (Å²) in [5, 5.41) is 0. The molecule has 0 N–H and O–H groups in total. The van der Waals surface area contributed by atoms with E-state index < -0.39 is 52.1 Å². The zero-order valence-electron chi connectivity index (χ0n) is 25.3. The van der Waals surface area contributed by atoms with Gasteiger partial charge in [0.1, 0.15) is 11.6 Å². The number of Topliss-reactive ketones (excluding diaryl/α,β-unsaturated/α-hetero) is 1. The van der Waals surface area contributed by atoms with Crippen LogP contribution in [0.3, 0.4) is 0 Å². The van der Waals surface area contributed by atoms with Gasteiger partial charge in [0.15, 0.2) is 11.6 Å². The number of ether oxygens (including phenoxy) is 1. The number of carbonyl (C=O) groups is 1. The number of rotatable bonds is 11. The van der Waals surface area contributed by atoms with Crippen LogP contribution in [0.4, 0.5) is 22.0 Å². The van der Waals surface area contributed by atoms with Crippen molar-refractivity contribution in [1.29, 1.82) is 0 Å². The van der Waals surface area contributed by atoms with Crippen molar-refractivity contribution < 1.29 is 31.5 Å². The van der Waals surface area contributed by atoms with Crippen LogP contribution in [0.5, 0.6) is 5.75 Å². The fourth-order valence-electron chi connectivity index (χ4n) is 5.64. The van der Waals surface area contributed by atoms with Crippen molar-refractivity contribution in [3.63, 3.8) is 0 Å². The second-order valence-electron chi connectivity index (χ2n) is 11.7. The van der Waals surface area contributed by atoms with Gasteiger partial charge in [0.2, 0.25) is 0 Å². The summed E-state index contributed by atoms with van der Waals surface area (Å²) in [6.45, 7) is 3.62. The lowest BCUT2D eigenvalue weighted by atomic mass is 9.81. The first-order valence-corrected chi connectivity index (χ1v) is 14.2. The highest BCUT2D eigenvalue weighted by atomic mass is 19.4. The molecule has 0 atom stereocenters. The van der Waals surface area contributed by atoms with Crippen LogP contribution >= 0.6 is 0 Å². The lowest BCUT2D eigenvalue weighted by Gasteiger charge is -2.28. The Morgan fingerprint density at radius 2 is 1.56 bits per heavy atom. The van der Waals surface area contributed by atoms with Gasteiger partial charge < -0.3 is 9.53 Å². The topological polar surface area (TPSA) is 70.3 Å². The Bertz CT molecular complexity index is 1830. The minimum absolute atomic E-state index is 0.0220. The average Bonchev–Trinajstić information content (AvgIpc) is 2.95. The SMILES string of the molecule is COc1cccc(-c2c(CC(C)(C)CC(C)=O)n(Cc3c(F)cccc3C(F)(F)F)c(=O)n(CCc3ccccc3)c2=O)c1F. The third-order valence-corrected chi connectivity index (χ3v) is 7.57. The van der Waals surface area contributed by atoms with E-state index >= 15 is 8.78 Å². The maximum Gasteiger partial charge on any atom is 0.416 e. The van der Waals surface area contributed by atoms with Crippen LogP contribution < -0.4 is 16.0 Å². The average molecular weight is 629 g/mol. The molecule has 6 nitrogen and oxygen atoms in total. The van der Waals surface area contributed by atoms with E-state index in [9.17, 15) is 27.6 Å². The van der Waals surface area contributed by atoms with Crippen molar-refractivity contribution in [2.45, 2.75) is 59.3 Å². The van der Waals surface area contributed by atoms with Gasteiger partial charge in [0.05, 0.1) is 24.8 Å². The highest BCUT2D eigenvalue weighted by molar-refractivity contribution is 5.76. The molecule has 0 aliphatic heterocycles. The molecule has 0 fully saturated rings. The fourth-order valence-corrected chi connectivity index (χ4v) is 5.64. The van der Waals surface area contributed by atoms with Gasteiger partial charge in [-0.2, -0.15) is 13.2 Å². The van der Waals surface area contributed by atoms with E-state index in [1.807, 2.05) is 0 Å². The molecule has 0 saturated heterocycles. The van der Waals surface area contributed by atoms with Crippen LogP contribution in [0.15, 0.2) is 76.3 Å². The normalized spacial score (nSPS) is 11.9. The van der Waals surface area contributed by atoms with Gasteiger partial charge in [0, 0.05) is 29.8 Å². The molecule has 0 aliphatic rings. The van der Waals surface area contributed by atoms with Crippen molar-refractivity contribution >= 4 is 5.78 Å². The van der Waals surface area contributed by atoms with E-state index in [4.69, 9.17) is 4.74 Å². The van der Waals surface area contributed by atoms with Crippen LogP contribution in [0.1, 0.15) is 49.6 Å². The molecule has 4 rings (SSSR count). The molecule has 238 valence electrons. The Morgan fingerprint density at radius 3 is 2.18 bits per heavy atom. The number of carbonyl (C=O) groups excluding carboxylic acids is 1. The Hall–Kier alpha value is -4.54. The van der Waals surface area contributed by atoms with E-state index in [0.29, 0.717) is 6.07 Å². The minimum atomic E-state index is -4.96. The largest absolute Gasteiger partial charge is 0.494 e. The first-order valence-electron chi connectivity index (χ1n) is 14.2. The summed E-state index contributed by atoms with van der Waals surface area (Å²) in [5.41, 5.74) is -4.82. The molecule has 1 aromatic heterocycles. The molecule has 0 unspecified atom stereocenters. The van der Waals surface area contributed by atoms with Crippen LogP contribution in [0, 0.1) is 17.0 Å². The zero-order valence-corrected chi connectivity index (χ0v) is 25.3. The van der Waals surface area contributed by atoms with Crippen molar-refractivity contribution in [3.8, 4) is 16.9 Å². The van der Waals surface area contributed by atoms with Gasteiger partial charge in [-0.05, 0) is 48.9 Å². The van der Waals surface area contributed by atoms with E-state index in [-0.39, 0.29) is 54.2 Å². The van der Waals surface area contributed by atoms with Gasteiger partial charge in [-0.25, -0.2) is 13.6 Å². The van der Waals surface area contributed by atoms with Crippen LogP contribution in [0.2, 0.25) is 0 Å². The molecular weight excluding hydrogens is 595 g/mol. The standard InChI is InChI=1S/C34H33F5N2O4/c1-21(42)18-33(2,3)19-27-29(23-12-8-15-28(45-4)30(23)36)31(43)40(17-16-22-10-6-5-7-11-22)32(44)41(27)20-24-25(34(37,38)39)13-9-14-26(24)35/h5-15H,16-20H2,1-4H3. The van der Waals surface area contributed by atoms with Crippen LogP contribution in [-0.4, -0.2) is 22.0 Å². The third kappa shape index (κ3) is 7.41. The molecular formula is C34H33F5N2O4. The molecule has 0 bridgehead atoms. The van der Waals surface area contributed by atoms with Crippen molar-refractivity contribution in [2.24, 2.45) is 5.41 Å². The van der Waals surface area contributed by atoms with Crippen molar-refractivity contribution in [2.75, 3.05) is 7.11 Å². The Balaban J connectivity index is 2.10. The van der Waals surface area contributed by atoms with Crippen LogP contribution in [-0.2, 0) is 36.9 Å². The smallest absolute Gasteiger partial charge is 0.416 e. The van der Waals surface area contributed by atoms with Crippen molar-refractivity contribution in [1.82, 2.24) is 9.13 Å². The summed E-state index contributed by atoms with van der Waals surface area (Å²) >= 11 is 0. The van der Waals surface area contributed by atoms with E-state index in [0.717, 1.165) is 26.8 Å². The van der Waals surface area contributed by atoms with E-state index in [1.54, 1.807) is 44.2 Å². The summed E-state index contributed by atoms with van der Waals surface area (Å²) in [5.74, 6) is -2.55. The highest BCUT2D eigenvalue weighted by Crippen LogP contribution is 2.36. The quantitative estimate of drug-likeness (QED) is 0.171. The third-order valence-electron chi connectivity index (χ3n) is 7.57. The van der Waals surface area contributed by atoms with Gasteiger partial charge in [-0.1, -0.05) is 62.4 Å². The molecule has 45 heavy (non-hydrogen) atoms. The maximum atomic E-state index is 15.9. The summed E-state index contributed by atoms with van der Waals surface area (Å²) < 4.78 is 80.1. The van der Waals surface area contributed by atoms with E-state index in [2.05, 4.69) is 0 Å². The second kappa shape index (κ2) is 13.2. The summed E-state index contributed by atoms with van der Waals surface area (Å²) in [6, 6.07) is 15.4. The minimum Gasteiger partial charge on any atom is -0.494 e. The number of nitrogens with zero attached hydrogens (tertiary/aromatic N) is 2. The Labute approximate surface area is 256 Å². The molecule has 3 aromatic carbocycles. The van der Waals surface area contributed by atoms with Crippen molar-refractivity contribution in [3.05, 3.63) is 122 Å². The first kappa shape index (κ1) is 33.4. The number of methoxy groups -OCH3 is 1. The number of benzene rings is 3. The molecule has 0 aliphatic carbocycles. The summed E-state index contributed by atoms with van der Waals surface area (Å²) in [7, 11) is 1.23. The zero-order chi connectivity index (χ0) is 33.1. The lowest BCUT2D eigenvalue weighted by Crippen LogP contribution is -2.44. The van der Waals surface area contributed by atoms with Crippen LogP contribution in [0.25, 0.3) is 11.1 Å². The molecule has 1 heterocycles. The number of halogens is 5. The number of ketones is 1. The van der Waals surface area contributed by atoms with Gasteiger partial charge in [0.25, 0.3) is 5.56 Å². The van der Waals surface area contributed by atoms with E-state index in [1.165, 1.54) is 32.2 Å².